The van der Waals surface area contributed by atoms with Crippen molar-refractivity contribution in [2.75, 3.05) is 16.7 Å². The van der Waals surface area contributed by atoms with Gasteiger partial charge in [0.2, 0.25) is 5.91 Å². The van der Waals surface area contributed by atoms with Crippen LogP contribution in [0.25, 0.3) is 0 Å². The zero-order valence-corrected chi connectivity index (χ0v) is 16.3. The summed E-state index contributed by atoms with van der Waals surface area (Å²) in [5.74, 6) is 0.520. The average Bonchev–Trinajstić information content (AvgIpc) is 3.15. The van der Waals surface area contributed by atoms with Crippen LogP contribution in [0.1, 0.15) is 32.6 Å². The lowest BCUT2D eigenvalue weighted by molar-refractivity contribution is -0.114. The van der Waals surface area contributed by atoms with Crippen LogP contribution in [0, 0.1) is 0 Å². The second kappa shape index (κ2) is 8.00. The summed E-state index contributed by atoms with van der Waals surface area (Å²) in [5, 5.41) is 2.66. The highest BCUT2D eigenvalue weighted by atomic mass is 32.2. The smallest absolute Gasteiger partial charge is 0.264 e. The Bertz CT molecular complexity index is 887. The Balaban J connectivity index is 1.73. The number of benzene rings is 2. The molecule has 7 heteroatoms. The number of nitrogens with zero attached hydrogens (tertiary/aromatic N) is 1. The molecular weight excluding hydrogens is 364 g/mol. The molecule has 1 saturated carbocycles. The van der Waals surface area contributed by atoms with E-state index in [2.05, 4.69) is 5.32 Å². The van der Waals surface area contributed by atoms with Crippen molar-refractivity contribution in [3.8, 4) is 5.75 Å². The van der Waals surface area contributed by atoms with Crippen LogP contribution in [-0.4, -0.2) is 27.5 Å². The molecule has 0 radical (unpaired) electrons. The standard InChI is InChI=1S/C20H24N2O4S/c1-15(23)21-16-7-9-17(10-8-16)22(2)27(24,25)20-13-11-19(12-14-20)26-18-5-3-4-6-18/h7-14,18H,3-6H2,1-2H3,(H,21,23). The lowest BCUT2D eigenvalue weighted by Crippen LogP contribution is -2.26. The number of hydrogen-bond acceptors (Lipinski definition) is 4. The van der Waals surface area contributed by atoms with E-state index in [1.165, 1.54) is 31.1 Å². The fraction of sp³-hybridized carbons (Fsp3) is 0.350. The first-order valence-corrected chi connectivity index (χ1v) is 10.4. The molecule has 0 aromatic heterocycles. The predicted molar refractivity (Wildman–Crippen MR) is 106 cm³/mol. The maximum absolute atomic E-state index is 12.9. The highest BCUT2D eigenvalue weighted by Gasteiger charge is 2.22. The van der Waals surface area contributed by atoms with Gasteiger partial charge in [-0.25, -0.2) is 8.42 Å². The number of amides is 1. The number of rotatable bonds is 6. The minimum Gasteiger partial charge on any atom is -0.490 e. The van der Waals surface area contributed by atoms with E-state index in [1.807, 2.05) is 0 Å². The third-order valence-corrected chi connectivity index (χ3v) is 6.44. The van der Waals surface area contributed by atoms with Crippen molar-refractivity contribution in [2.45, 2.75) is 43.6 Å². The van der Waals surface area contributed by atoms with Crippen molar-refractivity contribution < 1.29 is 17.9 Å². The molecule has 0 bridgehead atoms. The van der Waals surface area contributed by atoms with Crippen molar-refractivity contribution >= 4 is 27.3 Å². The molecule has 1 amide bonds. The zero-order valence-electron chi connectivity index (χ0n) is 15.5. The molecule has 3 rings (SSSR count). The second-order valence-electron chi connectivity index (χ2n) is 6.70. The minimum atomic E-state index is -3.68. The van der Waals surface area contributed by atoms with Crippen LogP contribution in [0.4, 0.5) is 11.4 Å². The predicted octanol–water partition coefficient (Wildman–Crippen LogP) is 3.79. The molecule has 0 unspecified atom stereocenters. The fourth-order valence-electron chi connectivity index (χ4n) is 3.14. The van der Waals surface area contributed by atoms with Crippen LogP contribution < -0.4 is 14.4 Å². The van der Waals surface area contributed by atoms with E-state index >= 15 is 0 Å². The van der Waals surface area contributed by atoms with Crippen molar-refractivity contribution in [1.82, 2.24) is 0 Å². The highest BCUT2D eigenvalue weighted by molar-refractivity contribution is 7.92. The molecule has 1 N–H and O–H groups in total. The summed E-state index contributed by atoms with van der Waals surface area (Å²) in [6, 6.07) is 13.2. The summed E-state index contributed by atoms with van der Waals surface area (Å²) in [6.07, 6.45) is 4.71. The van der Waals surface area contributed by atoms with Crippen LogP contribution in [0.15, 0.2) is 53.4 Å². The summed E-state index contributed by atoms with van der Waals surface area (Å²) >= 11 is 0. The van der Waals surface area contributed by atoms with E-state index in [4.69, 9.17) is 4.74 Å². The topological polar surface area (TPSA) is 75.7 Å². The Labute approximate surface area is 160 Å². The van der Waals surface area contributed by atoms with E-state index in [-0.39, 0.29) is 16.9 Å². The number of nitrogens with one attached hydrogen (secondary N) is 1. The summed E-state index contributed by atoms with van der Waals surface area (Å²) < 4.78 is 32.8. The van der Waals surface area contributed by atoms with Gasteiger partial charge in [-0.3, -0.25) is 9.10 Å². The van der Waals surface area contributed by atoms with Gasteiger partial charge < -0.3 is 10.1 Å². The number of carbonyl (C=O) groups excluding carboxylic acids is 1. The lowest BCUT2D eigenvalue weighted by Gasteiger charge is -2.20. The van der Waals surface area contributed by atoms with E-state index in [0.717, 1.165) is 12.8 Å². The van der Waals surface area contributed by atoms with E-state index in [0.29, 0.717) is 17.1 Å². The van der Waals surface area contributed by atoms with Gasteiger partial charge in [0.15, 0.2) is 0 Å². The van der Waals surface area contributed by atoms with Crippen molar-refractivity contribution in [3.63, 3.8) is 0 Å². The van der Waals surface area contributed by atoms with Gasteiger partial charge in [-0.1, -0.05) is 0 Å². The molecule has 2 aromatic rings. The Morgan fingerprint density at radius 2 is 1.63 bits per heavy atom. The minimum absolute atomic E-state index is 0.177. The molecule has 0 atom stereocenters. The maximum Gasteiger partial charge on any atom is 0.264 e. The molecule has 1 fully saturated rings. The van der Waals surface area contributed by atoms with Gasteiger partial charge in [0.05, 0.1) is 16.7 Å². The highest BCUT2D eigenvalue weighted by Crippen LogP contribution is 2.27. The summed E-state index contributed by atoms with van der Waals surface area (Å²) in [6.45, 7) is 1.42. The van der Waals surface area contributed by atoms with Crippen LogP contribution in [0.5, 0.6) is 5.75 Å². The van der Waals surface area contributed by atoms with Crippen molar-refractivity contribution in [3.05, 3.63) is 48.5 Å². The SMILES string of the molecule is CC(=O)Nc1ccc(N(C)S(=O)(=O)c2ccc(OC3CCCC3)cc2)cc1. The largest absolute Gasteiger partial charge is 0.490 e. The zero-order chi connectivity index (χ0) is 19.4. The first-order valence-electron chi connectivity index (χ1n) is 8.99. The Kier molecular flexibility index (Phi) is 5.70. The molecule has 0 heterocycles. The number of carbonyl (C=O) groups is 1. The van der Waals surface area contributed by atoms with Crippen molar-refractivity contribution in [1.29, 1.82) is 0 Å². The van der Waals surface area contributed by atoms with Gasteiger partial charge in [0.25, 0.3) is 10.0 Å². The first-order chi connectivity index (χ1) is 12.9. The summed E-state index contributed by atoms with van der Waals surface area (Å²) in [5.41, 5.74) is 1.13. The molecule has 0 saturated heterocycles. The molecule has 0 spiro atoms. The van der Waals surface area contributed by atoms with E-state index in [1.54, 1.807) is 48.5 Å². The van der Waals surface area contributed by atoms with Gasteiger partial charge in [0, 0.05) is 19.7 Å². The Hall–Kier alpha value is -2.54. The van der Waals surface area contributed by atoms with Gasteiger partial charge >= 0.3 is 0 Å². The molecule has 0 aliphatic heterocycles. The summed E-state index contributed by atoms with van der Waals surface area (Å²) in [4.78, 5) is 11.3. The van der Waals surface area contributed by atoms with Crippen LogP contribution in [-0.2, 0) is 14.8 Å². The van der Waals surface area contributed by atoms with E-state index in [9.17, 15) is 13.2 Å². The number of ether oxygens (including phenoxy) is 1. The average molecular weight is 388 g/mol. The number of hydrogen-bond donors (Lipinski definition) is 1. The van der Waals surface area contributed by atoms with Gasteiger partial charge in [0.1, 0.15) is 5.75 Å². The van der Waals surface area contributed by atoms with Gasteiger partial charge in [-0.15, -0.1) is 0 Å². The van der Waals surface area contributed by atoms with Gasteiger partial charge in [-0.05, 0) is 74.2 Å². The van der Waals surface area contributed by atoms with Crippen LogP contribution in [0.2, 0.25) is 0 Å². The lowest BCUT2D eigenvalue weighted by atomic mass is 10.3. The Morgan fingerprint density at radius 1 is 1.04 bits per heavy atom. The first kappa shape index (κ1) is 19.2. The molecule has 1 aliphatic carbocycles. The number of sulfonamides is 1. The molecule has 1 aliphatic rings. The molecular formula is C20H24N2O4S. The maximum atomic E-state index is 12.9. The Morgan fingerprint density at radius 3 is 2.19 bits per heavy atom. The summed E-state index contributed by atoms with van der Waals surface area (Å²) in [7, 11) is -2.18. The van der Waals surface area contributed by atoms with Crippen LogP contribution in [0.3, 0.4) is 0 Å². The van der Waals surface area contributed by atoms with E-state index < -0.39 is 10.0 Å². The molecule has 2 aromatic carbocycles. The quantitative estimate of drug-likeness (QED) is 0.817. The van der Waals surface area contributed by atoms with Crippen molar-refractivity contribution in [2.24, 2.45) is 0 Å². The molecule has 144 valence electrons. The van der Waals surface area contributed by atoms with Crippen LogP contribution >= 0.6 is 0 Å². The number of anilines is 2. The third kappa shape index (κ3) is 4.60. The monoisotopic (exact) mass is 388 g/mol. The fourth-order valence-corrected chi connectivity index (χ4v) is 4.34. The van der Waals surface area contributed by atoms with Gasteiger partial charge in [-0.2, -0.15) is 0 Å². The molecule has 27 heavy (non-hydrogen) atoms. The second-order valence-corrected chi connectivity index (χ2v) is 8.67. The normalized spacial score (nSPS) is 14.7. The third-order valence-electron chi connectivity index (χ3n) is 4.64. The molecule has 6 nitrogen and oxygen atoms in total.